The Morgan fingerprint density at radius 2 is 1.42 bits per heavy atom. The van der Waals surface area contributed by atoms with Crippen LogP contribution in [0, 0.1) is 5.92 Å². The second-order valence-electron chi connectivity index (χ2n) is 11.2. The van der Waals surface area contributed by atoms with Gasteiger partial charge in [-0.3, -0.25) is 9.59 Å². The van der Waals surface area contributed by atoms with Gasteiger partial charge < -0.3 is 40.2 Å². The van der Waals surface area contributed by atoms with Gasteiger partial charge in [0, 0.05) is 29.5 Å². The Morgan fingerprint density at radius 3 is 2.13 bits per heavy atom. The molecule has 1 aliphatic carbocycles. The van der Waals surface area contributed by atoms with E-state index in [2.05, 4.69) is 0 Å². The Bertz CT molecular complexity index is 2070. The lowest BCUT2D eigenvalue weighted by atomic mass is 9.65. The maximum absolute atomic E-state index is 14.3. The molecule has 228 valence electrons. The second-order valence-corrected chi connectivity index (χ2v) is 11.2. The van der Waals surface area contributed by atoms with E-state index < -0.39 is 52.0 Å². The zero-order valence-corrected chi connectivity index (χ0v) is 23.8. The van der Waals surface area contributed by atoms with Crippen LogP contribution in [-0.4, -0.2) is 41.5 Å². The van der Waals surface area contributed by atoms with Gasteiger partial charge in [0.1, 0.15) is 40.1 Å². The quantitative estimate of drug-likeness (QED) is 0.0905. The predicted molar refractivity (Wildman–Crippen MR) is 164 cm³/mol. The van der Waals surface area contributed by atoms with E-state index in [9.17, 15) is 45.3 Å². The van der Waals surface area contributed by atoms with Crippen molar-refractivity contribution >= 4 is 16.8 Å². The van der Waals surface area contributed by atoms with Crippen molar-refractivity contribution in [3.8, 4) is 51.6 Å². The third kappa shape index (κ3) is 5.06. The minimum absolute atomic E-state index is 0.00511. The van der Waals surface area contributed by atoms with Gasteiger partial charge in [0.25, 0.3) is 0 Å². The molecule has 6 rings (SSSR count). The molecule has 1 aromatic heterocycles. The Hall–Kier alpha value is -5.90. The fourth-order valence-electron chi connectivity index (χ4n) is 6.23. The van der Waals surface area contributed by atoms with E-state index in [-0.39, 0.29) is 50.7 Å². The number of carbonyl (C=O) groups is 1. The van der Waals surface area contributed by atoms with Crippen molar-refractivity contribution in [3.05, 3.63) is 111 Å². The van der Waals surface area contributed by atoms with Crippen LogP contribution in [0.2, 0.25) is 0 Å². The van der Waals surface area contributed by atoms with E-state index >= 15 is 0 Å². The number of phenols is 6. The highest BCUT2D eigenvalue weighted by Gasteiger charge is 2.42. The summed E-state index contributed by atoms with van der Waals surface area (Å²) < 4.78 is 5.78. The van der Waals surface area contributed by atoms with Gasteiger partial charge in [-0.15, -0.1) is 0 Å². The van der Waals surface area contributed by atoms with Crippen molar-refractivity contribution in [2.45, 2.75) is 25.2 Å². The fraction of sp³-hybridized carbons (Fsp3) is 0.143. The largest absolute Gasteiger partial charge is 0.508 e. The topological polar surface area (TPSA) is 189 Å². The van der Waals surface area contributed by atoms with Crippen LogP contribution >= 0.6 is 0 Å². The monoisotopic (exact) mass is 608 g/mol. The molecule has 0 aliphatic heterocycles. The van der Waals surface area contributed by atoms with Crippen LogP contribution in [-0.2, 0) is 0 Å². The Balaban J connectivity index is 1.58. The van der Waals surface area contributed by atoms with Crippen LogP contribution in [0.25, 0.3) is 22.3 Å². The number of carbonyl (C=O) groups excluding carboxylic acids is 1. The first kappa shape index (κ1) is 29.2. The fourth-order valence-corrected chi connectivity index (χ4v) is 6.23. The number of phenolic OH excluding ortho intramolecular Hbond substituents is 6. The molecule has 4 aromatic carbocycles. The summed E-state index contributed by atoms with van der Waals surface area (Å²) in [4.78, 5) is 27.3. The average Bonchev–Trinajstić information content (AvgIpc) is 2.99. The molecule has 7 N–H and O–H groups in total. The number of ketones is 1. The van der Waals surface area contributed by atoms with Crippen LogP contribution in [0.3, 0.4) is 0 Å². The van der Waals surface area contributed by atoms with Gasteiger partial charge in [-0.25, -0.2) is 0 Å². The maximum atomic E-state index is 14.3. The summed E-state index contributed by atoms with van der Waals surface area (Å²) in [5.41, 5.74) is 0.291. The maximum Gasteiger partial charge on any atom is 0.235 e. The van der Waals surface area contributed by atoms with Crippen LogP contribution < -0.4 is 5.43 Å². The van der Waals surface area contributed by atoms with Gasteiger partial charge in [-0.1, -0.05) is 23.8 Å². The first-order valence-corrected chi connectivity index (χ1v) is 14.0. The van der Waals surface area contributed by atoms with Crippen LogP contribution in [0.5, 0.6) is 40.2 Å². The molecule has 0 fully saturated rings. The molecule has 10 heteroatoms. The summed E-state index contributed by atoms with van der Waals surface area (Å²) in [7, 11) is 0. The van der Waals surface area contributed by atoms with E-state index in [1.54, 1.807) is 18.2 Å². The zero-order valence-electron chi connectivity index (χ0n) is 23.8. The van der Waals surface area contributed by atoms with E-state index in [1.165, 1.54) is 54.6 Å². The number of Topliss-reactive ketones (excluding diaryl/α,β-unsaturated/α-hetero) is 1. The summed E-state index contributed by atoms with van der Waals surface area (Å²) in [5, 5.41) is 74.1. The van der Waals surface area contributed by atoms with Crippen molar-refractivity contribution in [2.75, 3.05) is 0 Å². The molecule has 10 nitrogen and oxygen atoms in total. The molecule has 0 radical (unpaired) electrons. The molecule has 5 aromatic rings. The van der Waals surface area contributed by atoms with Crippen molar-refractivity contribution in [1.82, 2.24) is 0 Å². The van der Waals surface area contributed by atoms with Crippen LogP contribution in [0.15, 0.2) is 93.7 Å². The standard InChI is InChI=1S/C35H28O10/c1-16-12-24(17-2-4-18(36)5-3-17)29(31(41)21-8-6-19(37)14-27(21)40)25(13-16)30-26(39)11-10-23(32(30)42)35-34(44)33(43)22-9-7-20(38)15-28(22)45-35/h2-11,13-15,24-25,29,36-40,42,44H,12H2,1H3. The van der Waals surface area contributed by atoms with Gasteiger partial charge in [-0.05, 0) is 73.4 Å². The Kier molecular flexibility index (Phi) is 7.12. The van der Waals surface area contributed by atoms with Crippen molar-refractivity contribution in [1.29, 1.82) is 0 Å². The number of aromatic hydroxyl groups is 7. The number of fused-ring (bicyclic) bond motifs is 1. The van der Waals surface area contributed by atoms with Crippen LogP contribution in [0.1, 0.15) is 46.7 Å². The molecular weight excluding hydrogens is 580 g/mol. The van der Waals surface area contributed by atoms with Gasteiger partial charge in [-0.2, -0.15) is 0 Å². The van der Waals surface area contributed by atoms with E-state index in [0.29, 0.717) is 12.0 Å². The van der Waals surface area contributed by atoms with Crippen molar-refractivity contribution in [3.63, 3.8) is 0 Å². The average molecular weight is 609 g/mol. The van der Waals surface area contributed by atoms with Gasteiger partial charge >= 0.3 is 0 Å². The first-order chi connectivity index (χ1) is 21.4. The summed E-state index contributed by atoms with van der Waals surface area (Å²) in [5.74, 6) is -6.19. The number of allylic oxidation sites excluding steroid dienone is 2. The SMILES string of the molecule is CC1=CC(c2c(O)ccc(-c3oc4cc(O)ccc4c(=O)c3O)c2O)C(C(=O)c2ccc(O)cc2O)C(c2ccc(O)cc2)C1. The number of rotatable bonds is 5. The summed E-state index contributed by atoms with van der Waals surface area (Å²) in [6.07, 6.45) is 2.12. The lowest BCUT2D eigenvalue weighted by molar-refractivity contribution is 0.0877. The molecule has 1 aliphatic rings. The smallest absolute Gasteiger partial charge is 0.235 e. The number of hydrogen-bond acceptors (Lipinski definition) is 10. The van der Waals surface area contributed by atoms with E-state index in [4.69, 9.17) is 4.42 Å². The minimum atomic E-state index is -1.03. The molecule has 3 atom stereocenters. The van der Waals surface area contributed by atoms with Crippen molar-refractivity contribution in [2.24, 2.45) is 5.92 Å². The van der Waals surface area contributed by atoms with E-state index in [0.717, 1.165) is 11.6 Å². The van der Waals surface area contributed by atoms with Gasteiger partial charge in [0.2, 0.25) is 11.2 Å². The summed E-state index contributed by atoms with van der Waals surface area (Å²) in [6.45, 7) is 1.83. The van der Waals surface area contributed by atoms with Crippen molar-refractivity contribution < 1.29 is 45.0 Å². The Morgan fingerprint density at radius 1 is 0.756 bits per heavy atom. The van der Waals surface area contributed by atoms with Gasteiger partial charge in [0.05, 0.1) is 16.5 Å². The normalized spacial score (nSPS) is 18.1. The molecule has 3 unspecified atom stereocenters. The lowest BCUT2D eigenvalue weighted by Gasteiger charge is -2.37. The molecule has 0 bridgehead atoms. The third-order valence-electron chi connectivity index (χ3n) is 8.32. The highest BCUT2D eigenvalue weighted by molar-refractivity contribution is 6.02. The first-order valence-electron chi connectivity index (χ1n) is 14.0. The molecule has 0 saturated carbocycles. The molecule has 45 heavy (non-hydrogen) atoms. The number of benzene rings is 4. The molecular formula is C35H28O10. The molecule has 0 saturated heterocycles. The summed E-state index contributed by atoms with van der Waals surface area (Å²) >= 11 is 0. The lowest BCUT2D eigenvalue weighted by Crippen LogP contribution is -2.31. The third-order valence-corrected chi connectivity index (χ3v) is 8.32. The Labute approximate surface area is 255 Å². The highest BCUT2D eigenvalue weighted by atomic mass is 16.4. The zero-order chi connectivity index (χ0) is 32.2. The molecule has 1 heterocycles. The summed E-state index contributed by atoms with van der Waals surface area (Å²) in [6, 6.07) is 16.1. The molecule has 0 amide bonds. The van der Waals surface area contributed by atoms with Gasteiger partial charge in [0.15, 0.2) is 11.5 Å². The second kappa shape index (κ2) is 11.0. The highest BCUT2D eigenvalue weighted by Crippen LogP contribution is 2.53. The van der Waals surface area contributed by atoms with E-state index in [1.807, 2.05) is 6.92 Å². The van der Waals surface area contributed by atoms with Crippen LogP contribution in [0.4, 0.5) is 0 Å². The predicted octanol–water partition coefficient (Wildman–Crippen LogP) is 6.12. The minimum Gasteiger partial charge on any atom is -0.508 e. The number of hydrogen-bond donors (Lipinski definition) is 7. The molecule has 0 spiro atoms.